The zero-order chi connectivity index (χ0) is 20.2. The first-order valence-corrected chi connectivity index (χ1v) is 9.72. The molecule has 0 aromatic carbocycles. The lowest BCUT2D eigenvalue weighted by molar-refractivity contribution is 0.176. The zero-order valence-corrected chi connectivity index (χ0v) is 16.3. The van der Waals surface area contributed by atoms with Crippen LogP contribution in [0.25, 0.3) is 11.2 Å². The van der Waals surface area contributed by atoms with Gasteiger partial charge in [-0.2, -0.15) is 4.98 Å². The first-order chi connectivity index (χ1) is 14.1. The summed E-state index contributed by atoms with van der Waals surface area (Å²) in [4.78, 5) is 35.8. The van der Waals surface area contributed by atoms with Crippen LogP contribution in [0.5, 0.6) is 6.01 Å². The summed E-state index contributed by atoms with van der Waals surface area (Å²) >= 11 is 0. The van der Waals surface area contributed by atoms with Gasteiger partial charge in [-0.25, -0.2) is 4.79 Å². The van der Waals surface area contributed by atoms with E-state index in [0.717, 1.165) is 29.8 Å². The van der Waals surface area contributed by atoms with Crippen molar-refractivity contribution in [1.29, 1.82) is 0 Å². The Labute approximate surface area is 166 Å². The maximum Gasteiger partial charge on any atom is 0.336 e. The molecule has 29 heavy (non-hydrogen) atoms. The van der Waals surface area contributed by atoms with Crippen LogP contribution in [0.3, 0.4) is 0 Å². The summed E-state index contributed by atoms with van der Waals surface area (Å²) in [5.74, 6) is 0. The van der Waals surface area contributed by atoms with Crippen molar-refractivity contribution in [2.45, 2.75) is 25.8 Å². The molecule has 10 heteroatoms. The van der Waals surface area contributed by atoms with E-state index in [1.54, 1.807) is 18.5 Å². The van der Waals surface area contributed by atoms with Crippen LogP contribution >= 0.6 is 0 Å². The number of fused-ring (bicyclic) bond motifs is 1. The molecule has 1 saturated heterocycles. The highest BCUT2D eigenvalue weighted by Gasteiger charge is 2.16. The van der Waals surface area contributed by atoms with E-state index in [-0.39, 0.29) is 23.7 Å². The van der Waals surface area contributed by atoms with Gasteiger partial charge in [-0.15, -0.1) is 5.10 Å². The molecule has 0 bridgehead atoms. The van der Waals surface area contributed by atoms with Crippen molar-refractivity contribution >= 4 is 11.2 Å². The Balaban J connectivity index is 1.60. The molecule has 152 valence electrons. The van der Waals surface area contributed by atoms with E-state index in [1.807, 2.05) is 6.07 Å². The molecule has 3 aromatic heterocycles. The minimum absolute atomic E-state index is 0.0400. The number of hydrogen-bond donors (Lipinski definition) is 0. The van der Waals surface area contributed by atoms with Gasteiger partial charge >= 0.3 is 11.7 Å². The number of piperidine rings is 1. The third-order valence-corrected chi connectivity index (χ3v) is 5.08. The summed E-state index contributed by atoms with van der Waals surface area (Å²) in [6.45, 7) is 3.55. The van der Waals surface area contributed by atoms with Gasteiger partial charge in [-0.05, 0) is 37.6 Å². The van der Waals surface area contributed by atoms with Crippen molar-refractivity contribution in [2.75, 3.05) is 26.2 Å². The summed E-state index contributed by atoms with van der Waals surface area (Å²) < 4.78 is 8.01. The fourth-order valence-corrected chi connectivity index (χ4v) is 3.48. The van der Waals surface area contributed by atoms with Crippen molar-refractivity contribution in [1.82, 2.24) is 34.2 Å². The van der Waals surface area contributed by atoms with Crippen molar-refractivity contribution in [3.63, 3.8) is 0 Å². The Hall–Kier alpha value is -3.14. The zero-order valence-electron chi connectivity index (χ0n) is 16.3. The van der Waals surface area contributed by atoms with Gasteiger partial charge in [0.25, 0.3) is 5.56 Å². The van der Waals surface area contributed by atoms with E-state index in [1.165, 1.54) is 30.9 Å². The molecule has 1 fully saturated rings. The monoisotopic (exact) mass is 397 g/mol. The van der Waals surface area contributed by atoms with Crippen molar-refractivity contribution in [2.24, 2.45) is 7.05 Å². The molecule has 0 saturated carbocycles. The predicted octanol–water partition coefficient (Wildman–Crippen LogP) is 0.193. The molecule has 1 aliphatic rings. The molecule has 4 rings (SSSR count). The number of rotatable bonds is 6. The van der Waals surface area contributed by atoms with Crippen molar-refractivity contribution in [3.05, 3.63) is 50.9 Å². The van der Waals surface area contributed by atoms with E-state index in [2.05, 4.69) is 25.1 Å². The minimum atomic E-state index is -0.525. The van der Waals surface area contributed by atoms with E-state index in [0.29, 0.717) is 6.61 Å². The van der Waals surface area contributed by atoms with Gasteiger partial charge < -0.3 is 4.74 Å². The molecule has 0 radical (unpaired) electrons. The highest BCUT2D eigenvalue weighted by atomic mass is 16.5. The van der Waals surface area contributed by atoms with Gasteiger partial charge in [0.15, 0.2) is 11.2 Å². The predicted molar refractivity (Wildman–Crippen MR) is 106 cm³/mol. The molecule has 0 spiro atoms. The van der Waals surface area contributed by atoms with Crippen LogP contribution in [0, 0.1) is 0 Å². The minimum Gasteiger partial charge on any atom is -0.461 e. The lowest BCUT2D eigenvalue weighted by Gasteiger charge is -2.25. The molecular weight excluding hydrogens is 374 g/mol. The second-order valence-electron chi connectivity index (χ2n) is 7.11. The molecule has 0 atom stereocenters. The Morgan fingerprint density at radius 2 is 1.97 bits per heavy atom. The third-order valence-electron chi connectivity index (χ3n) is 5.08. The summed E-state index contributed by atoms with van der Waals surface area (Å²) in [6, 6.07) is 3.66. The average molecular weight is 397 g/mol. The van der Waals surface area contributed by atoms with E-state index >= 15 is 0 Å². The van der Waals surface area contributed by atoms with Crippen molar-refractivity contribution < 1.29 is 4.74 Å². The lowest BCUT2D eigenvalue weighted by Crippen LogP contribution is -2.39. The first-order valence-electron chi connectivity index (χ1n) is 9.72. The Bertz CT molecular complexity index is 1100. The number of hydrogen-bond acceptors (Lipinski definition) is 8. The van der Waals surface area contributed by atoms with Crippen LogP contribution in [0.4, 0.5) is 0 Å². The van der Waals surface area contributed by atoms with Gasteiger partial charge in [-0.3, -0.25) is 23.8 Å². The van der Waals surface area contributed by atoms with E-state index in [9.17, 15) is 9.59 Å². The van der Waals surface area contributed by atoms with Gasteiger partial charge in [0.05, 0.1) is 6.54 Å². The molecule has 4 heterocycles. The summed E-state index contributed by atoms with van der Waals surface area (Å²) in [6.07, 6.45) is 7.00. The van der Waals surface area contributed by atoms with Gasteiger partial charge in [-0.1, -0.05) is 17.6 Å². The second kappa shape index (κ2) is 8.48. The third kappa shape index (κ3) is 4.16. The number of likely N-dealkylation sites (tertiary alicyclic amines) is 1. The van der Waals surface area contributed by atoms with Crippen LogP contribution in [-0.4, -0.2) is 60.4 Å². The SMILES string of the molecule is Cn1c(=O)c2nc(OCCN3CCCCC3)nnc2n(Cc2cccnc2)c1=O. The fourth-order valence-electron chi connectivity index (χ4n) is 3.48. The van der Waals surface area contributed by atoms with Crippen molar-refractivity contribution in [3.8, 4) is 6.01 Å². The smallest absolute Gasteiger partial charge is 0.336 e. The van der Waals surface area contributed by atoms with E-state index in [4.69, 9.17) is 4.74 Å². The molecule has 0 amide bonds. The van der Waals surface area contributed by atoms with Crippen LogP contribution in [0.1, 0.15) is 24.8 Å². The summed E-state index contributed by atoms with van der Waals surface area (Å²) in [5.41, 5.74) is -0.0214. The molecule has 1 aliphatic heterocycles. The van der Waals surface area contributed by atoms with Crippen LogP contribution in [-0.2, 0) is 13.6 Å². The molecule has 0 N–H and O–H groups in total. The lowest BCUT2D eigenvalue weighted by atomic mass is 10.1. The Kier molecular flexibility index (Phi) is 5.61. The highest BCUT2D eigenvalue weighted by molar-refractivity contribution is 5.68. The summed E-state index contributed by atoms with van der Waals surface area (Å²) in [7, 11) is 1.42. The van der Waals surface area contributed by atoms with Gasteiger partial charge in [0.2, 0.25) is 0 Å². The number of aromatic nitrogens is 6. The maximum atomic E-state index is 12.6. The van der Waals surface area contributed by atoms with Crippen LogP contribution < -0.4 is 16.0 Å². The number of nitrogens with zero attached hydrogens (tertiary/aromatic N) is 7. The first kappa shape index (κ1) is 19.2. The molecule has 3 aromatic rings. The van der Waals surface area contributed by atoms with Crippen LogP contribution in [0.2, 0.25) is 0 Å². The summed E-state index contributed by atoms with van der Waals surface area (Å²) in [5, 5.41) is 8.06. The molecular formula is C19H23N7O3. The van der Waals surface area contributed by atoms with Gasteiger partial charge in [0, 0.05) is 26.0 Å². The maximum absolute atomic E-state index is 12.6. The standard InChI is InChI=1S/C19H23N7O3/c1-24-17(27)15-16(26(19(24)28)13-14-6-5-7-20-12-14)22-23-18(21-15)29-11-10-25-8-3-2-4-9-25/h5-7,12H,2-4,8-11,13H2,1H3. The fraction of sp³-hybridized carbons (Fsp3) is 0.474. The molecule has 10 nitrogen and oxygen atoms in total. The normalized spacial score (nSPS) is 14.9. The Morgan fingerprint density at radius 3 is 2.72 bits per heavy atom. The van der Waals surface area contributed by atoms with Crippen LogP contribution in [0.15, 0.2) is 34.1 Å². The van der Waals surface area contributed by atoms with Gasteiger partial charge in [0.1, 0.15) is 6.61 Å². The van der Waals surface area contributed by atoms with E-state index < -0.39 is 11.2 Å². The average Bonchev–Trinajstić information content (AvgIpc) is 2.77. The highest BCUT2D eigenvalue weighted by Crippen LogP contribution is 2.10. The molecule has 0 unspecified atom stereocenters. The molecule has 0 aliphatic carbocycles. The Morgan fingerprint density at radius 1 is 1.14 bits per heavy atom. The quantitative estimate of drug-likeness (QED) is 0.580. The number of ether oxygens (including phenoxy) is 1. The topological polar surface area (TPSA) is 108 Å². The second-order valence-corrected chi connectivity index (χ2v) is 7.11. The largest absolute Gasteiger partial charge is 0.461 e. The number of pyridine rings is 1.